The van der Waals surface area contributed by atoms with E-state index in [0.717, 1.165) is 61.2 Å². The van der Waals surface area contributed by atoms with Gasteiger partial charge in [-0.3, -0.25) is 4.79 Å². The lowest BCUT2D eigenvalue weighted by Crippen LogP contribution is -2.44. The smallest absolute Gasteiger partial charge is 0.313 e. The molecule has 3 rings (SSSR count). The molecule has 0 unspecified atom stereocenters. The van der Waals surface area contributed by atoms with E-state index in [1.807, 2.05) is 74.5 Å². The number of piperidine rings is 1. The van der Waals surface area contributed by atoms with E-state index >= 15 is 0 Å². The lowest BCUT2D eigenvalue weighted by Gasteiger charge is -2.42. The van der Waals surface area contributed by atoms with Gasteiger partial charge in [0.1, 0.15) is 5.60 Å². The van der Waals surface area contributed by atoms with Crippen LogP contribution in [0.3, 0.4) is 0 Å². The van der Waals surface area contributed by atoms with Crippen LogP contribution in [0.1, 0.15) is 76.2 Å². The summed E-state index contributed by atoms with van der Waals surface area (Å²) in [7, 11) is 0. The number of aliphatic hydroxyl groups excluding tert-OH is 1. The molecule has 5 nitrogen and oxygen atoms in total. The quantitative estimate of drug-likeness (QED) is 0.327. The highest BCUT2D eigenvalue weighted by molar-refractivity contribution is 5.80. The molecule has 1 aliphatic rings. The summed E-state index contributed by atoms with van der Waals surface area (Å²) >= 11 is 0. The third-order valence-corrected chi connectivity index (χ3v) is 8.04. The number of rotatable bonds is 11. The van der Waals surface area contributed by atoms with Crippen molar-refractivity contribution in [3.63, 3.8) is 0 Å². The average Bonchev–Trinajstić information content (AvgIpc) is 2.92. The third kappa shape index (κ3) is 6.78. The molecule has 1 saturated heterocycles. The van der Waals surface area contributed by atoms with Gasteiger partial charge >= 0.3 is 5.97 Å². The number of aliphatic carboxylic acids is 1. The van der Waals surface area contributed by atoms with Gasteiger partial charge < -0.3 is 20.2 Å². The Kier molecular flexibility index (Phi) is 9.88. The van der Waals surface area contributed by atoms with Gasteiger partial charge in [-0.05, 0) is 101 Å². The summed E-state index contributed by atoms with van der Waals surface area (Å²) in [6, 6.07) is 17.3. The molecule has 0 radical (unpaired) electrons. The Labute approximate surface area is 222 Å². The molecule has 37 heavy (non-hydrogen) atoms. The van der Waals surface area contributed by atoms with E-state index in [4.69, 9.17) is 0 Å². The zero-order valence-electron chi connectivity index (χ0n) is 22.7. The third-order valence-electron chi connectivity index (χ3n) is 8.04. The molecule has 1 heterocycles. The largest absolute Gasteiger partial charge is 0.481 e. The first-order valence-corrected chi connectivity index (χ1v) is 13.4. The number of carbonyl (C=O) groups is 1. The van der Waals surface area contributed by atoms with Crippen molar-refractivity contribution in [1.29, 1.82) is 0 Å². The van der Waals surface area contributed by atoms with Crippen LogP contribution in [0.25, 0.3) is 0 Å². The molecular formula is C32H43NO4. The van der Waals surface area contributed by atoms with Gasteiger partial charge in [-0.25, -0.2) is 0 Å². The fraction of sp³-hybridized carbons (Fsp3) is 0.469. The van der Waals surface area contributed by atoms with Gasteiger partial charge in [0.05, 0.1) is 11.5 Å². The van der Waals surface area contributed by atoms with Crippen LogP contribution in [0, 0.1) is 5.92 Å². The maximum atomic E-state index is 12.0. The van der Waals surface area contributed by atoms with E-state index in [2.05, 4.69) is 4.90 Å². The van der Waals surface area contributed by atoms with E-state index in [1.165, 1.54) is 0 Å². The molecule has 2 aromatic carbocycles. The average molecular weight is 506 g/mol. The molecule has 1 aliphatic heterocycles. The SMILES string of the molecule is C/C=C\C=C(/C)[C@](O)(c1ccccc1)C1CCN(CCC[C@H](O)c2ccc(C(C)(C)C(=O)O)cc2)CC1. The number of hydrogen-bond acceptors (Lipinski definition) is 4. The standard InChI is InChI=1S/C32H43NO4/c1-5-6-11-24(2)32(37,27-12-8-7-9-13-27)28-19-22-33(23-20-28)21-10-14-29(34)25-15-17-26(18-16-25)31(3,4)30(35)36/h5-9,11-13,15-18,28-29,34,37H,10,14,19-23H2,1-4H3,(H,35,36)/b6-5-,24-11+/t29-,32-/m0/s1. The molecule has 3 N–H and O–H groups in total. The highest BCUT2D eigenvalue weighted by atomic mass is 16.4. The number of benzene rings is 2. The minimum atomic E-state index is -0.982. The van der Waals surface area contributed by atoms with Crippen LogP contribution < -0.4 is 0 Å². The topological polar surface area (TPSA) is 81.0 Å². The molecule has 0 aliphatic carbocycles. The lowest BCUT2D eigenvalue weighted by atomic mass is 9.72. The molecule has 200 valence electrons. The lowest BCUT2D eigenvalue weighted by molar-refractivity contribution is -0.142. The van der Waals surface area contributed by atoms with Crippen molar-refractivity contribution >= 4 is 5.97 Å². The van der Waals surface area contributed by atoms with Gasteiger partial charge in [0.2, 0.25) is 0 Å². The maximum Gasteiger partial charge on any atom is 0.313 e. The molecule has 0 spiro atoms. The Morgan fingerprint density at radius 2 is 1.68 bits per heavy atom. The Bertz CT molecular complexity index is 1070. The molecule has 0 bridgehead atoms. The number of carboxylic acids is 1. The Morgan fingerprint density at radius 3 is 2.24 bits per heavy atom. The number of allylic oxidation sites excluding steroid dienone is 3. The zero-order valence-corrected chi connectivity index (χ0v) is 22.7. The fourth-order valence-electron chi connectivity index (χ4n) is 5.34. The summed E-state index contributed by atoms with van der Waals surface area (Å²) in [6.45, 7) is 10.1. The number of carboxylic acid groups (broad SMARTS) is 1. The van der Waals surface area contributed by atoms with Gasteiger partial charge in [0.25, 0.3) is 0 Å². The van der Waals surface area contributed by atoms with E-state index in [9.17, 15) is 20.1 Å². The van der Waals surface area contributed by atoms with Crippen LogP contribution in [-0.4, -0.2) is 45.8 Å². The van der Waals surface area contributed by atoms with Gasteiger partial charge in [-0.2, -0.15) is 0 Å². The van der Waals surface area contributed by atoms with Gasteiger partial charge in [-0.1, -0.05) is 72.8 Å². The van der Waals surface area contributed by atoms with Crippen molar-refractivity contribution in [3.05, 3.63) is 95.1 Å². The van der Waals surface area contributed by atoms with E-state index in [0.29, 0.717) is 6.42 Å². The van der Waals surface area contributed by atoms with Crippen LogP contribution in [-0.2, 0) is 15.8 Å². The van der Waals surface area contributed by atoms with Crippen molar-refractivity contribution in [1.82, 2.24) is 4.90 Å². The Balaban J connectivity index is 1.55. The van der Waals surface area contributed by atoms with Gasteiger partial charge in [-0.15, -0.1) is 0 Å². The second-order valence-electron chi connectivity index (χ2n) is 10.8. The van der Waals surface area contributed by atoms with Crippen molar-refractivity contribution in [2.24, 2.45) is 5.92 Å². The maximum absolute atomic E-state index is 12.0. The molecule has 2 aromatic rings. The summed E-state index contributed by atoms with van der Waals surface area (Å²) in [5.41, 5.74) is 1.53. The molecule has 5 heteroatoms. The molecule has 1 fully saturated rings. The molecule has 0 amide bonds. The first-order chi connectivity index (χ1) is 17.6. The highest BCUT2D eigenvalue weighted by Gasteiger charge is 2.41. The number of nitrogens with zero attached hydrogens (tertiary/aromatic N) is 1. The molecule has 0 saturated carbocycles. The minimum Gasteiger partial charge on any atom is -0.481 e. The Morgan fingerprint density at radius 1 is 1.05 bits per heavy atom. The minimum absolute atomic E-state index is 0.145. The Hall–Kier alpha value is -2.73. The molecule has 2 atom stereocenters. The second-order valence-corrected chi connectivity index (χ2v) is 10.8. The number of aliphatic hydroxyl groups is 2. The van der Waals surface area contributed by atoms with Crippen molar-refractivity contribution in [2.45, 2.75) is 70.5 Å². The number of likely N-dealkylation sites (tertiary alicyclic amines) is 1. The predicted molar refractivity (Wildman–Crippen MR) is 149 cm³/mol. The van der Waals surface area contributed by atoms with Crippen LogP contribution >= 0.6 is 0 Å². The van der Waals surface area contributed by atoms with Gasteiger partial charge in [0, 0.05) is 0 Å². The monoisotopic (exact) mass is 505 g/mol. The molecule has 0 aromatic heterocycles. The van der Waals surface area contributed by atoms with E-state index in [-0.39, 0.29) is 5.92 Å². The van der Waals surface area contributed by atoms with Crippen molar-refractivity contribution in [2.75, 3.05) is 19.6 Å². The van der Waals surface area contributed by atoms with Crippen LogP contribution in [0.5, 0.6) is 0 Å². The summed E-state index contributed by atoms with van der Waals surface area (Å²) in [6.07, 6.45) is 8.78. The first-order valence-electron chi connectivity index (χ1n) is 13.4. The summed E-state index contributed by atoms with van der Waals surface area (Å²) in [5.74, 6) is -0.720. The molecular weight excluding hydrogens is 462 g/mol. The summed E-state index contributed by atoms with van der Waals surface area (Å²) in [5, 5.41) is 32.1. The van der Waals surface area contributed by atoms with Crippen LogP contribution in [0.4, 0.5) is 0 Å². The number of hydrogen-bond donors (Lipinski definition) is 3. The highest BCUT2D eigenvalue weighted by Crippen LogP contribution is 2.42. The van der Waals surface area contributed by atoms with Crippen LogP contribution in [0.15, 0.2) is 78.4 Å². The summed E-state index contributed by atoms with van der Waals surface area (Å²) in [4.78, 5) is 13.9. The van der Waals surface area contributed by atoms with E-state index in [1.54, 1.807) is 26.0 Å². The normalized spacial score (nSPS) is 18.6. The van der Waals surface area contributed by atoms with Crippen molar-refractivity contribution in [3.8, 4) is 0 Å². The first kappa shape index (κ1) is 28.8. The van der Waals surface area contributed by atoms with Gasteiger partial charge in [0.15, 0.2) is 0 Å². The second kappa shape index (κ2) is 12.7. The van der Waals surface area contributed by atoms with Crippen LogP contribution in [0.2, 0.25) is 0 Å². The van der Waals surface area contributed by atoms with Crippen molar-refractivity contribution < 1.29 is 20.1 Å². The summed E-state index contributed by atoms with van der Waals surface area (Å²) < 4.78 is 0. The fourth-order valence-corrected chi connectivity index (χ4v) is 5.34. The predicted octanol–water partition coefficient (Wildman–Crippen LogP) is 5.98. The zero-order chi connectivity index (χ0) is 27.1. The van der Waals surface area contributed by atoms with E-state index < -0.39 is 23.1 Å².